The van der Waals surface area contributed by atoms with E-state index in [9.17, 15) is 4.79 Å². The van der Waals surface area contributed by atoms with E-state index in [2.05, 4.69) is 33.9 Å². The maximum Gasteiger partial charge on any atom is 0.219 e. The van der Waals surface area contributed by atoms with Crippen LogP contribution in [0.5, 0.6) is 0 Å². The molecule has 1 atom stereocenters. The number of aldehydes is 1. The summed E-state index contributed by atoms with van der Waals surface area (Å²) in [5.74, 6) is -1.13. The summed E-state index contributed by atoms with van der Waals surface area (Å²) in [6.07, 6.45) is 5.01. The average molecular weight is 258 g/mol. The molecule has 0 aliphatic rings. The first-order valence-electron chi connectivity index (χ1n) is 5.97. The Morgan fingerprint density at radius 3 is 2.06 bits per heavy atom. The predicted octanol–water partition coefficient (Wildman–Crippen LogP) is 3.52. The first-order chi connectivity index (χ1) is 7.64. The van der Waals surface area contributed by atoms with Gasteiger partial charge >= 0.3 is 0 Å². The lowest BCUT2D eigenvalue weighted by Gasteiger charge is -2.42. The van der Waals surface area contributed by atoms with E-state index in [1.54, 1.807) is 0 Å². The summed E-state index contributed by atoms with van der Waals surface area (Å²) in [6.45, 7) is 12.6. The Morgan fingerprint density at radius 2 is 1.76 bits per heavy atom. The Kier molecular flexibility index (Phi) is 5.78. The first kappa shape index (κ1) is 16.5. The molecule has 0 amide bonds. The predicted molar refractivity (Wildman–Crippen MR) is 73.5 cm³/mol. The van der Waals surface area contributed by atoms with Crippen molar-refractivity contribution in [3.8, 4) is 0 Å². The molecule has 0 heterocycles. The number of allylic oxidation sites excluding steroid dienone is 1. The van der Waals surface area contributed by atoms with Crippen LogP contribution in [-0.2, 0) is 14.0 Å². The van der Waals surface area contributed by atoms with Crippen molar-refractivity contribution in [2.75, 3.05) is 7.11 Å². The molecule has 0 aromatic rings. The maximum atomic E-state index is 11.3. The molecule has 100 valence electrons. The number of methoxy groups -OCH3 is 1. The van der Waals surface area contributed by atoms with Gasteiger partial charge in [0.25, 0.3) is 0 Å². The zero-order valence-electron chi connectivity index (χ0n) is 12.2. The second kappa shape index (κ2) is 5.93. The van der Waals surface area contributed by atoms with Crippen LogP contribution in [0.15, 0.2) is 12.2 Å². The number of ether oxygens (including phenoxy) is 1. The van der Waals surface area contributed by atoms with E-state index in [1.165, 1.54) is 7.11 Å². The van der Waals surface area contributed by atoms with Crippen molar-refractivity contribution in [1.82, 2.24) is 0 Å². The van der Waals surface area contributed by atoms with Crippen LogP contribution in [0.3, 0.4) is 0 Å². The van der Waals surface area contributed by atoms with Crippen molar-refractivity contribution in [3.05, 3.63) is 12.2 Å². The van der Waals surface area contributed by atoms with Gasteiger partial charge in [-0.25, -0.2) is 0 Å². The third-order valence-electron chi connectivity index (χ3n) is 3.40. The van der Waals surface area contributed by atoms with Gasteiger partial charge in [-0.1, -0.05) is 32.9 Å². The second-order valence-corrected chi connectivity index (χ2v) is 10.5. The highest BCUT2D eigenvalue weighted by molar-refractivity contribution is 6.74. The molecule has 4 heteroatoms. The van der Waals surface area contributed by atoms with Crippen molar-refractivity contribution < 1.29 is 14.0 Å². The molecule has 0 saturated carbocycles. The van der Waals surface area contributed by atoms with Crippen molar-refractivity contribution in [1.29, 1.82) is 0 Å². The Hall–Kier alpha value is -0.453. The quantitative estimate of drug-likeness (QED) is 0.316. The molecule has 17 heavy (non-hydrogen) atoms. The highest BCUT2D eigenvalue weighted by atomic mass is 28.4. The molecule has 3 nitrogen and oxygen atoms in total. The van der Waals surface area contributed by atoms with Gasteiger partial charge in [0.1, 0.15) is 0 Å². The van der Waals surface area contributed by atoms with Crippen LogP contribution in [0.1, 0.15) is 34.1 Å². The van der Waals surface area contributed by atoms with Gasteiger partial charge in [-0.2, -0.15) is 0 Å². The third-order valence-corrected chi connectivity index (χ3v) is 7.87. The van der Waals surface area contributed by atoms with Gasteiger partial charge in [0, 0.05) is 13.5 Å². The van der Waals surface area contributed by atoms with Crippen molar-refractivity contribution in [2.45, 2.75) is 58.0 Å². The second-order valence-electron chi connectivity index (χ2n) is 5.77. The lowest BCUT2D eigenvalue weighted by Crippen LogP contribution is -2.51. The van der Waals surface area contributed by atoms with Crippen LogP contribution < -0.4 is 0 Å². The van der Waals surface area contributed by atoms with Crippen LogP contribution in [0, 0.1) is 0 Å². The summed E-state index contributed by atoms with van der Waals surface area (Å²) in [5, 5.41) is 0.0513. The molecule has 0 spiro atoms. The van der Waals surface area contributed by atoms with Gasteiger partial charge in [0.05, 0.1) is 0 Å². The van der Waals surface area contributed by atoms with Crippen molar-refractivity contribution in [3.63, 3.8) is 0 Å². The largest absolute Gasteiger partial charge is 0.384 e. The fourth-order valence-corrected chi connectivity index (χ4v) is 2.54. The average Bonchev–Trinajstić information content (AvgIpc) is 2.22. The summed E-state index contributed by atoms with van der Waals surface area (Å²) < 4.78 is 11.4. The summed E-state index contributed by atoms with van der Waals surface area (Å²) in [7, 11) is -0.504. The normalized spacial score (nSPS) is 17.1. The highest BCUT2D eigenvalue weighted by Gasteiger charge is 2.44. The summed E-state index contributed by atoms with van der Waals surface area (Å²) >= 11 is 0. The lowest BCUT2D eigenvalue weighted by molar-refractivity contribution is -0.173. The van der Waals surface area contributed by atoms with Gasteiger partial charge in [-0.3, -0.25) is 4.79 Å². The van der Waals surface area contributed by atoms with Gasteiger partial charge in [-0.15, -0.1) is 0 Å². The van der Waals surface area contributed by atoms with E-state index in [0.29, 0.717) is 6.42 Å². The Morgan fingerprint density at radius 1 is 1.24 bits per heavy atom. The molecule has 0 aromatic heterocycles. The van der Waals surface area contributed by atoms with E-state index in [4.69, 9.17) is 9.16 Å². The van der Waals surface area contributed by atoms with Crippen LogP contribution in [0.25, 0.3) is 0 Å². The van der Waals surface area contributed by atoms with E-state index < -0.39 is 14.1 Å². The molecule has 0 aliphatic carbocycles. The zero-order valence-corrected chi connectivity index (χ0v) is 13.2. The van der Waals surface area contributed by atoms with Gasteiger partial charge < -0.3 is 9.16 Å². The molecular weight excluding hydrogens is 232 g/mol. The van der Waals surface area contributed by atoms with Gasteiger partial charge in [0.2, 0.25) is 5.79 Å². The molecule has 0 saturated heterocycles. The monoisotopic (exact) mass is 258 g/mol. The fraction of sp³-hybridized carbons (Fsp3) is 0.769. The number of carbonyl (C=O) groups is 1. The SMILES string of the molecule is C/C=C/CC(C=O)(OC)O[Si](C)(C)C(C)(C)C. The number of rotatable bonds is 6. The molecule has 0 rings (SSSR count). The van der Waals surface area contributed by atoms with E-state index in [0.717, 1.165) is 6.29 Å². The Balaban J connectivity index is 5.05. The van der Waals surface area contributed by atoms with E-state index in [1.807, 2.05) is 19.1 Å². The van der Waals surface area contributed by atoms with Crippen molar-refractivity contribution >= 4 is 14.6 Å². The van der Waals surface area contributed by atoms with Crippen molar-refractivity contribution in [2.24, 2.45) is 0 Å². The molecular formula is C13H26O3Si. The lowest BCUT2D eigenvalue weighted by atomic mass is 10.2. The summed E-state index contributed by atoms with van der Waals surface area (Å²) in [4.78, 5) is 11.3. The summed E-state index contributed by atoms with van der Waals surface area (Å²) in [6, 6.07) is 0. The van der Waals surface area contributed by atoms with Gasteiger partial charge in [-0.05, 0) is 25.1 Å². The van der Waals surface area contributed by atoms with Gasteiger partial charge in [0.15, 0.2) is 14.6 Å². The standard InChI is InChI=1S/C13H26O3Si/c1-8-9-10-13(11-14,15-5)16-17(6,7)12(2,3)4/h8-9,11H,10H2,1-7H3/b9-8+. The minimum Gasteiger partial charge on any atom is -0.384 e. The number of carbonyl (C=O) groups excluding carboxylic acids is 1. The molecule has 0 aromatic carbocycles. The fourth-order valence-electron chi connectivity index (χ4n) is 1.15. The maximum absolute atomic E-state index is 11.3. The minimum atomic E-state index is -2.02. The topological polar surface area (TPSA) is 35.5 Å². The van der Waals surface area contributed by atoms with Crippen LogP contribution in [0.4, 0.5) is 0 Å². The van der Waals surface area contributed by atoms with Crippen LogP contribution in [0.2, 0.25) is 18.1 Å². The molecule has 0 N–H and O–H groups in total. The molecule has 1 unspecified atom stereocenters. The Labute approximate surface area is 106 Å². The van der Waals surface area contributed by atoms with E-state index >= 15 is 0 Å². The Bertz CT molecular complexity index is 279. The zero-order chi connectivity index (χ0) is 13.7. The molecule has 0 fully saturated rings. The number of hydrogen-bond donors (Lipinski definition) is 0. The first-order valence-corrected chi connectivity index (χ1v) is 8.88. The molecule has 0 aliphatic heterocycles. The van der Waals surface area contributed by atoms with Crippen LogP contribution >= 0.6 is 0 Å². The molecule has 0 bridgehead atoms. The molecule has 0 radical (unpaired) electrons. The smallest absolute Gasteiger partial charge is 0.219 e. The van der Waals surface area contributed by atoms with E-state index in [-0.39, 0.29) is 5.04 Å². The van der Waals surface area contributed by atoms with Crippen LogP contribution in [-0.4, -0.2) is 27.5 Å². The summed E-state index contributed by atoms with van der Waals surface area (Å²) in [5.41, 5.74) is 0. The number of hydrogen-bond acceptors (Lipinski definition) is 3. The highest BCUT2D eigenvalue weighted by Crippen LogP contribution is 2.39. The minimum absolute atomic E-state index is 0.0513. The third kappa shape index (κ3) is 4.37.